The fourth-order valence-corrected chi connectivity index (χ4v) is 4.04. The second-order valence-electron chi connectivity index (χ2n) is 9.63. The first-order valence-electron chi connectivity index (χ1n) is 11.6. The Hall–Kier alpha value is -3.35. The molecular formula is C27H34N2O5. The third-order valence-electron chi connectivity index (χ3n) is 6.06. The van der Waals surface area contributed by atoms with Crippen molar-refractivity contribution in [2.75, 3.05) is 13.7 Å². The minimum absolute atomic E-state index is 0.0234. The number of rotatable bonds is 7. The highest BCUT2D eigenvalue weighted by Crippen LogP contribution is 2.23. The molecule has 1 saturated heterocycles. The molecule has 7 heteroatoms. The third-order valence-corrected chi connectivity index (χ3v) is 6.06. The van der Waals surface area contributed by atoms with E-state index >= 15 is 0 Å². The quantitative estimate of drug-likeness (QED) is 0.624. The van der Waals surface area contributed by atoms with E-state index in [-0.39, 0.29) is 17.9 Å². The van der Waals surface area contributed by atoms with Crippen LogP contribution in [0, 0.1) is 0 Å². The van der Waals surface area contributed by atoms with Gasteiger partial charge in [0.25, 0.3) is 0 Å². The number of hydrogen-bond acceptors (Lipinski definition) is 5. The summed E-state index contributed by atoms with van der Waals surface area (Å²) in [6.07, 6.45) is 0.971. The van der Waals surface area contributed by atoms with Crippen molar-refractivity contribution in [3.8, 4) is 0 Å². The van der Waals surface area contributed by atoms with E-state index in [0.29, 0.717) is 25.8 Å². The number of carbonyl (C=O) groups excluding carboxylic acids is 3. The second-order valence-corrected chi connectivity index (χ2v) is 9.63. The molecule has 2 amide bonds. The van der Waals surface area contributed by atoms with Crippen LogP contribution >= 0.6 is 0 Å². The lowest BCUT2D eigenvalue weighted by Crippen LogP contribution is -2.51. The van der Waals surface area contributed by atoms with Crippen molar-refractivity contribution < 1.29 is 23.9 Å². The van der Waals surface area contributed by atoms with Crippen molar-refractivity contribution >= 4 is 18.0 Å². The maximum atomic E-state index is 13.1. The average molecular weight is 467 g/mol. The minimum atomic E-state index is -0.847. The van der Waals surface area contributed by atoms with Gasteiger partial charge in [0, 0.05) is 13.0 Å². The molecule has 0 spiro atoms. The van der Waals surface area contributed by atoms with Gasteiger partial charge in [0.15, 0.2) is 0 Å². The molecule has 1 aliphatic heterocycles. The molecule has 1 fully saturated rings. The molecule has 0 unspecified atom stereocenters. The van der Waals surface area contributed by atoms with Gasteiger partial charge in [-0.3, -0.25) is 9.69 Å². The summed E-state index contributed by atoms with van der Waals surface area (Å²) < 4.78 is 10.3. The lowest BCUT2D eigenvalue weighted by atomic mass is 9.86. The Labute approximate surface area is 201 Å². The topological polar surface area (TPSA) is 84.9 Å². The molecule has 2 aromatic rings. The van der Waals surface area contributed by atoms with Crippen LogP contribution in [0.3, 0.4) is 0 Å². The molecule has 2 atom stereocenters. The van der Waals surface area contributed by atoms with Crippen molar-refractivity contribution in [3.63, 3.8) is 0 Å². The van der Waals surface area contributed by atoms with E-state index in [9.17, 15) is 14.4 Å². The molecule has 1 aliphatic rings. The van der Waals surface area contributed by atoms with Crippen molar-refractivity contribution in [3.05, 3.63) is 71.3 Å². The monoisotopic (exact) mass is 466 g/mol. The summed E-state index contributed by atoms with van der Waals surface area (Å²) >= 11 is 0. The average Bonchev–Trinajstić information content (AvgIpc) is 3.32. The maximum Gasteiger partial charge on any atom is 0.410 e. The smallest absolute Gasteiger partial charge is 0.410 e. The van der Waals surface area contributed by atoms with E-state index < -0.39 is 24.1 Å². The number of nitrogens with one attached hydrogen (secondary N) is 1. The Morgan fingerprint density at radius 1 is 1.03 bits per heavy atom. The van der Waals surface area contributed by atoms with Gasteiger partial charge in [-0.15, -0.1) is 0 Å². The predicted octanol–water partition coefficient (Wildman–Crippen LogP) is 3.99. The molecule has 182 valence electrons. The number of carbonyl (C=O) groups is 3. The largest absolute Gasteiger partial charge is 0.467 e. The summed E-state index contributed by atoms with van der Waals surface area (Å²) in [5, 5.41) is 2.80. The van der Waals surface area contributed by atoms with Gasteiger partial charge < -0.3 is 14.8 Å². The van der Waals surface area contributed by atoms with Gasteiger partial charge in [0.1, 0.15) is 18.7 Å². The first-order valence-corrected chi connectivity index (χ1v) is 11.6. The van der Waals surface area contributed by atoms with Crippen LogP contribution in [0.1, 0.15) is 50.3 Å². The van der Waals surface area contributed by atoms with Gasteiger partial charge >= 0.3 is 12.1 Å². The summed E-state index contributed by atoms with van der Waals surface area (Å²) in [5.41, 5.74) is 2.99. The van der Waals surface area contributed by atoms with Crippen molar-refractivity contribution in [2.45, 2.75) is 64.1 Å². The fourth-order valence-electron chi connectivity index (χ4n) is 4.04. The predicted molar refractivity (Wildman–Crippen MR) is 129 cm³/mol. The Morgan fingerprint density at radius 3 is 2.32 bits per heavy atom. The van der Waals surface area contributed by atoms with Gasteiger partial charge in [-0.05, 0) is 34.9 Å². The van der Waals surface area contributed by atoms with Gasteiger partial charge in [0.05, 0.1) is 7.11 Å². The molecule has 3 rings (SSSR count). The molecule has 1 heterocycles. The van der Waals surface area contributed by atoms with Crippen molar-refractivity contribution in [2.24, 2.45) is 0 Å². The van der Waals surface area contributed by atoms with Gasteiger partial charge in [-0.25, -0.2) is 9.59 Å². The van der Waals surface area contributed by atoms with Crippen LogP contribution < -0.4 is 5.32 Å². The highest BCUT2D eigenvalue weighted by atomic mass is 16.6. The Bertz CT molecular complexity index is 982. The molecule has 2 aromatic carbocycles. The number of hydrogen-bond donors (Lipinski definition) is 1. The number of nitrogens with zero attached hydrogens (tertiary/aromatic N) is 1. The lowest BCUT2D eigenvalue weighted by molar-refractivity contribution is -0.145. The molecule has 0 radical (unpaired) electrons. The zero-order valence-corrected chi connectivity index (χ0v) is 20.4. The summed E-state index contributed by atoms with van der Waals surface area (Å²) in [6, 6.07) is 15.9. The Balaban J connectivity index is 1.63. The van der Waals surface area contributed by atoms with Crippen LogP contribution in [-0.2, 0) is 37.5 Å². The van der Waals surface area contributed by atoms with E-state index in [1.807, 2.05) is 54.6 Å². The van der Waals surface area contributed by atoms with E-state index in [0.717, 1.165) is 11.1 Å². The van der Waals surface area contributed by atoms with Gasteiger partial charge in [-0.2, -0.15) is 0 Å². The van der Waals surface area contributed by atoms with Crippen LogP contribution in [0.15, 0.2) is 54.6 Å². The first kappa shape index (κ1) is 25.3. The molecule has 0 bridgehead atoms. The Morgan fingerprint density at radius 2 is 1.71 bits per heavy atom. The van der Waals surface area contributed by atoms with E-state index in [2.05, 4.69) is 26.1 Å². The molecule has 0 aliphatic carbocycles. The second kappa shape index (κ2) is 11.2. The van der Waals surface area contributed by atoms with E-state index in [1.165, 1.54) is 17.6 Å². The molecule has 0 saturated carbocycles. The normalized spacial score (nSPS) is 16.6. The fraction of sp³-hybridized carbons (Fsp3) is 0.444. The molecule has 0 aromatic heterocycles. The van der Waals surface area contributed by atoms with Crippen LogP contribution in [0.5, 0.6) is 0 Å². The highest BCUT2D eigenvalue weighted by Gasteiger charge is 2.37. The van der Waals surface area contributed by atoms with E-state index in [1.54, 1.807) is 0 Å². The summed E-state index contributed by atoms with van der Waals surface area (Å²) in [4.78, 5) is 39.6. The lowest BCUT2D eigenvalue weighted by Gasteiger charge is -2.25. The minimum Gasteiger partial charge on any atom is -0.467 e. The van der Waals surface area contributed by atoms with Crippen LogP contribution in [-0.4, -0.2) is 48.6 Å². The van der Waals surface area contributed by atoms with E-state index in [4.69, 9.17) is 9.47 Å². The highest BCUT2D eigenvalue weighted by molar-refractivity contribution is 5.90. The number of esters is 1. The number of amides is 2. The summed E-state index contributed by atoms with van der Waals surface area (Å²) in [5.74, 6) is -0.902. The summed E-state index contributed by atoms with van der Waals surface area (Å²) in [6.45, 7) is 6.98. The zero-order valence-electron chi connectivity index (χ0n) is 20.4. The van der Waals surface area contributed by atoms with Crippen LogP contribution in [0.25, 0.3) is 0 Å². The van der Waals surface area contributed by atoms with Crippen molar-refractivity contribution in [1.82, 2.24) is 10.2 Å². The SMILES string of the molecule is COC(=O)[C@H](Cc1ccc(C(C)(C)C)cc1)NC(=O)[C@H]1CCCN1C(=O)OCc1ccccc1. The number of benzene rings is 2. The number of ether oxygens (including phenoxy) is 2. The third kappa shape index (κ3) is 6.59. The molecular weight excluding hydrogens is 432 g/mol. The maximum absolute atomic E-state index is 13.1. The van der Waals surface area contributed by atoms with Gasteiger partial charge in [-0.1, -0.05) is 75.4 Å². The molecule has 1 N–H and O–H groups in total. The van der Waals surface area contributed by atoms with Crippen molar-refractivity contribution in [1.29, 1.82) is 0 Å². The number of likely N-dealkylation sites (tertiary alicyclic amines) is 1. The first-order chi connectivity index (χ1) is 16.2. The summed E-state index contributed by atoms with van der Waals surface area (Å²) in [7, 11) is 1.30. The number of methoxy groups -OCH3 is 1. The molecule has 7 nitrogen and oxygen atoms in total. The van der Waals surface area contributed by atoms with Gasteiger partial charge in [0.2, 0.25) is 5.91 Å². The molecule has 34 heavy (non-hydrogen) atoms. The van der Waals surface area contributed by atoms with Crippen LogP contribution in [0.2, 0.25) is 0 Å². The standard InChI is InChI=1S/C27H34N2O5/c1-27(2,3)21-14-12-19(13-15-21)17-22(25(31)33-4)28-24(30)23-11-8-16-29(23)26(32)34-18-20-9-6-5-7-10-20/h5-7,9-10,12-15,22-23H,8,11,16-18H2,1-4H3,(H,28,30)/t22-,23+/m0/s1. The zero-order chi connectivity index (χ0) is 24.7. The van der Waals surface area contributed by atoms with Crippen LogP contribution in [0.4, 0.5) is 4.79 Å². The Kier molecular flexibility index (Phi) is 8.31.